The maximum Gasteiger partial charge on any atom is 0.185 e. The molecule has 0 unspecified atom stereocenters. The van der Waals surface area contributed by atoms with Crippen LogP contribution in [0.25, 0.3) is 0 Å². The van der Waals surface area contributed by atoms with Gasteiger partial charge in [-0.1, -0.05) is 12.1 Å². The summed E-state index contributed by atoms with van der Waals surface area (Å²) in [6.45, 7) is 4.96. The summed E-state index contributed by atoms with van der Waals surface area (Å²) in [6, 6.07) is 6.79. The smallest absolute Gasteiger partial charge is 0.185 e. The van der Waals surface area contributed by atoms with Crippen LogP contribution in [0.1, 0.15) is 5.56 Å². The predicted molar refractivity (Wildman–Crippen MR) is 76.0 cm³/mol. The zero-order chi connectivity index (χ0) is 13.1. The first-order valence-electron chi connectivity index (χ1n) is 6.42. The predicted octanol–water partition coefficient (Wildman–Crippen LogP) is 2.60. The molecular weight excluding hydrogens is 261 g/mol. The van der Waals surface area contributed by atoms with Crippen molar-refractivity contribution in [2.24, 2.45) is 0 Å². The molecule has 3 rings (SSSR count). The molecule has 0 radical (unpaired) electrons. The van der Waals surface area contributed by atoms with Gasteiger partial charge >= 0.3 is 0 Å². The molecule has 1 aliphatic rings. The van der Waals surface area contributed by atoms with Crippen LogP contribution in [0.3, 0.4) is 0 Å². The van der Waals surface area contributed by atoms with E-state index in [0.29, 0.717) is 0 Å². The summed E-state index contributed by atoms with van der Waals surface area (Å²) in [5.41, 5.74) is 1.17. The highest BCUT2D eigenvalue weighted by molar-refractivity contribution is 7.13. The Morgan fingerprint density at radius 2 is 1.84 bits per heavy atom. The third-order valence-corrected chi connectivity index (χ3v) is 4.21. The number of anilines is 1. The lowest BCUT2D eigenvalue weighted by molar-refractivity contribution is 0.249. The highest BCUT2D eigenvalue weighted by Gasteiger charge is 2.18. The van der Waals surface area contributed by atoms with E-state index in [4.69, 9.17) is 0 Å². The number of hydrogen-bond acceptors (Lipinski definition) is 4. The van der Waals surface area contributed by atoms with Gasteiger partial charge < -0.3 is 4.90 Å². The molecule has 0 amide bonds. The van der Waals surface area contributed by atoms with Crippen molar-refractivity contribution in [1.29, 1.82) is 0 Å². The van der Waals surface area contributed by atoms with E-state index in [2.05, 4.69) is 14.8 Å². The van der Waals surface area contributed by atoms with Gasteiger partial charge in [0.1, 0.15) is 5.82 Å². The van der Waals surface area contributed by atoms with Gasteiger partial charge in [-0.25, -0.2) is 9.37 Å². The molecule has 2 aromatic rings. The highest BCUT2D eigenvalue weighted by Crippen LogP contribution is 2.19. The minimum Gasteiger partial charge on any atom is -0.346 e. The minimum absolute atomic E-state index is 0.169. The van der Waals surface area contributed by atoms with Gasteiger partial charge in [-0.15, -0.1) is 11.3 Å². The van der Waals surface area contributed by atoms with Crippen LogP contribution in [0, 0.1) is 5.82 Å². The summed E-state index contributed by atoms with van der Waals surface area (Å²) in [7, 11) is 0. The zero-order valence-corrected chi connectivity index (χ0v) is 11.4. The second-order valence-electron chi connectivity index (χ2n) is 4.70. The summed E-state index contributed by atoms with van der Waals surface area (Å²) in [5, 5.41) is 3.13. The second kappa shape index (κ2) is 5.67. The Morgan fingerprint density at radius 3 is 2.47 bits per heavy atom. The molecule has 0 spiro atoms. The van der Waals surface area contributed by atoms with E-state index in [1.54, 1.807) is 11.3 Å². The van der Waals surface area contributed by atoms with Crippen LogP contribution < -0.4 is 4.90 Å². The van der Waals surface area contributed by atoms with Gasteiger partial charge in [0.2, 0.25) is 0 Å². The summed E-state index contributed by atoms with van der Waals surface area (Å²) in [4.78, 5) is 9.07. The number of piperazine rings is 1. The Hall–Kier alpha value is -1.46. The minimum atomic E-state index is -0.169. The average Bonchev–Trinajstić information content (AvgIpc) is 2.96. The summed E-state index contributed by atoms with van der Waals surface area (Å²) >= 11 is 1.69. The van der Waals surface area contributed by atoms with Gasteiger partial charge in [0.05, 0.1) is 0 Å². The Labute approximate surface area is 116 Å². The number of hydrogen-bond donors (Lipinski definition) is 0. The largest absolute Gasteiger partial charge is 0.346 e. The zero-order valence-electron chi connectivity index (χ0n) is 10.6. The number of benzene rings is 1. The lowest BCUT2D eigenvalue weighted by atomic mass is 10.2. The van der Waals surface area contributed by atoms with Crippen LogP contribution in [0.2, 0.25) is 0 Å². The van der Waals surface area contributed by atoms with Crippen LogP contribution in [0.15, 0.2) is 35.8 Å². The maximum absolute atomic E-state index is 12.8. The van der Waals surface area contributed by atoms with Crippen LogP contribution in [0.4, 0.5) is 9.52 Å². The Balaban J connectivity index is 1.54. The molecule has 1 aromatic heterocycles. The van der Waals surface area contributed by atoms with Crippen molar-refractivity contribution in [2.75, 3.05) is 31.1 Å². The van der Waals surface area contributed by atoms with E-state index in [-0.39, 0.29) is 5.82 Å². The summed E-state index contributed by atoms with van der Waals surface area (Å²) in [5.74, 6) is -0.169. The summed E-state index contributed by atoms with van der Waals surface area (Å²) in [6.07, 6.45) is 1.85. The van der Waals surface area contributed by atoms with Crippen molar-refractivity contribution in [3.05, 3.63) is 47.2 Å². The molecule has 0 N–H and O–H groups in total. The molecule has 1 saturated heterocycles. The van der Waals surface area contributed by atoms with Crippen molar-refractivity contribution >= 4 is 16.5 Å². The molecule has 100 valence electrons. The van der Waals surface area contributed by atoms with E-state index in [1.165, 1.54) is 17.7 Å². The maximum atomic E-state index is 12.8. The SMILES string of the molecule is Fc1ccc(CN2CCN(c3nccs3)CC2)cc1. The Morgan fingerprint density at radius 1 is 1.11 bits per heavy atom. The van der Waals surface area contributed by atoms with Gasteiger partial charge in [0.25, 0.3) is 0 Å². The fraction of sp³-hybridized carbons (Fsp3) is 0.357. The van der Waals surface area contributed by atoms with Crippen molar-refractivity contribution < 1.29 is 4.39 Å². The fourth-order valence-electron chi connectivity index (χ4n) is 2.32. The molecule has 1 fully saturated rings. The first-order valence-corrected chi connectivity index (χ1v) is 7.30. The molecule has 0 aliphatic carbocycles. The summed E-state index contributed by atoms with van der Waals surface area (Å²) < 4.78 is 12.8. The standard InChI is InChI=1S/C14H16FN3S/c15-13-3-1-12(2-4-13)11-17-6-8-18(9-7-17)14-16-5-10-19-14/h1-5,10H,6-9,11H2. The number of halogens is 1. The molecule has 0 atom stereocenters. The lowest BCUT2D eigenvalue weighted by Gasteiger charge is -2.34. The molecule has 1 aromatic carbocycles. The molecule has 5 heteroatoms. The highest BCUT2D eigenvalue weighted by atomic mass is 32.1. The van der Waals surface area contributed by atoms with Gasteiger partial charge in [0, 0.05) is 44.3 Å². The van der Waals surface area contributed by atoms with E-state index in [1.807, 2.05) is 23.7 Å². The quantitative estimate of drug-likeness (QED) is 0.859. The van der Waals surface area contributed by atoms with Crippen LogP contribution in [-0.4, -0.2) is 36.1 Å². The topological polar surface area (TPSA) is 19.4 Å². The van der Waals surface area contributed by atoms with Crippen molar-refractivity contribution in [2.45, 2.75) is 6.54 Å². The lowest BCUT2D eigenvalue weighted by Crippen LogP contribution is -2.45. The first-order chi connectivity index (χ1) is 9.31. The number of rotatable bonds is 3. The molecule has 0 bridgehead atoms. The third-order valence-electron chi connectivity index (χ3n) is 3.38. The molecule has 19 heavy (non-hydrogen) atoms. The molecule has 2 heterocycles. The Kier molecular flexibility index (Phi) is 3.75. The van der Waals surface area contributed by atoms with E-state index in [0.717, 1.165) is 37.9 Å². The number of nitrogens with zero attached hydrogens (tertiary/aromatic N) is 3. The first kappa shape index (κ1) is 12.6. The third kappa shape index (κ3) is 3.11. The Bertz CT molecular complexity index is 504. The molecular formula is C14H16FN3S. The van der Waals surface area contributed by atoms with E-state index >= 15 is 0 Å². The number of thiazole rings is 1. The van der Waals surface area contributed by atoms with E-state index in [9.17, 15) is 4.39 Å². The van der Waals surface area contributed by atoms with Crippen molar-refractivity contribution in [1.82, 2.24) is 9.88 Å². The van der Waals surface area contributed by atoms with Crippen LogP contribution in [-0.2, 0) is 6.54 Å². The van der Waals surface area contributed by atoms with Gasteiger partial charge in [-0.3, -0.25) is 4.90 Å². The fourth-order valence-corrected chi connectivity index (χ4v) is 3.01. The van der Waals surface area contributed by atoms with Crippen LogP contribution >= 0.6 is 11.3 Å². The average molecular weight is 277 g/mol. The van der Waals surface area contributed by atoms with Crippen molar-refractivity contribution in [3.63, 3.8) is 0 Å². The van der Waals surface area contributed by atoms with Crippen molar-refractivity contribution in [3.8, 4) is 0 Å². The molecule has 0 saturated carbocycles. The molecule has 1 aliphatic heterocycles. The van der Waals surface area contributed by atoms with Gasteiger partial charge in [-0.2, -0.15) is 0 Å². The molecule has 3 nitrogen and oxygen atoms in total. The van der Waals surface area contributed by atoms with Crippen LogP contribution in [0.5, 0.6) is 0 Å². The normalized spacial score (nSPS) is 16.8. The monoisotopic (exact) mass is 277 g/mol. The number of aromatic nitrogens is 1. The van der Waals surface area contributed by atoms with Gasteiger partial charge in [0.15, 0.2) is 5.13 Å². The van der Waals surface area contributed by atoms with E-state index < -0.39 is 0 Å². The van der Waals surface area contributed by atoms with Gasteiger partial charge in [-0.05, 0) is 17.7 Å². The second-order valence-corrected chi connectivity index (χ2v) is 5.58.